The normalized spacial score (nSPS) is 13.2. The predicted octanol–water partition coefficient (Wildman–Crippen LogP) is 1.96. The second-order valence-electron chi connectivity index (χ2n) is 3.67. The summed E-state index contributed by atoms with van der Waals surface area (Å²) in [6.45, 7) is 1.91. The minimum Gasteiger partial charge on any atom is -0.312 e. The summed E-state index contributed by atoms with van der Waals surface area (Å²) in [5, 5.41) is 10.8. The molecule has 0 fully saturated rings. The Morgan fingerprint density at radius 1 is 1.18 bits per heavy atom. The van der Waals surface area contributed by atoms with E-state index >= 15 is 0 Å². The number of fused-ring (bicyclic) bond motifs is 1. The Bertz CT molecular complexity index is 470. The van der Waals surface area contributed by atoms with Crippen LogP contribution in [0.2, 0.25) is 0 Å². The summed E-state index contributed by atoms with van der Waals surface area (Å²) < 4.78 is 0. The molecule has 0 spiro atoms. The van der Waals surface area contributed by atoms with Gasteiger partial charge in [0.05, 0.1) is 5.69 Å². The Hall–Kier alpha value is -1.10. The highest BCUT2D eigenvalue weighted by molar-refractivity contribution is 5.85. The third-order valence-corrected chi connectivity index (χ3v) is 2.71. The van der Waals surface area contributed by atoms with Crippen molar-refractivity contribution in [2.24, 2.45) is 0 Å². The molecule has 2 aromatic heterocycles. The van der Waals surface area contributed by atoms with Gasteiger partial charge in [0.1, 0.15) is 5.69 Å². The van der Waals surface area contributed by atoms with E-state index in [1.807, 2.05) is 18.2 Å². The molecule has 1 aliphatic heterocycles. The molecule has 0 aliphatic carbocycles. The van der Waals surface area contributed by atoms with Crippen molar-refractivity contribution in [3.63, 3.8) is 0 Å². The predicted molar refractivity (Wildman–Crippen MR) is 71.7 cm³/mol. The number of pyridine rings is 1. The van der Waals surface area contributed by atoms with Crippen molar-refractivity contribution in [2.75, 3.05) is 6.54 Å². The van der Waals surface area contributed by atoms with Crippen LogP contribution in [0.25, 0.3) is 11.4 Å². The van der Waals surface area contributed by atoms with Gasteiger partial charge in [-0.25, -0.2) is 0 Å². The monoisotopic (exact) mass is 272 g/mol. The second kappa shape index (κ2) is 6.00. The van der Waals surface area contributed by atoms with Gasteiger partial charge in [0, 0.05) is 37.0 Å². The average molecular weight is 273 g/mol. The first kappa shape index (κ1) is 14.0. The van der Waals surface area contributed by atoms with Crippen LogP contribution in [0.5, 0.6) is 0 Å². The Kier molecular flexibility index (Phi) is 4.93. The largest absolute Gasteiger partial charge is 0.312 e. The molecule has 0 amide bonds. The van der Waals surface area contributed by atoms with E-state index in [9.17, 15) is 0 Å². The van der Waals surface area contributed by atoms with Crippen LogP contribution in [-0.2, 0) is 13.0 Å². The number of nitrogens with zero attached hydrogens (tertiary/aromatic N) is 2. The van der Waals surface area contributed by atoms with Crippen molar-refractivity contribution in [3.05, 3.63) is 35.7 Å². The number of aromatic nitrogens is 3. The number of halogens is 2. The summed E-state index contributed by atoms with van der Waals surface area (Å²) in [6.07, 6.45) is 2.82. The zero-order valence-corrected chi connectivity index (χ0v) is 10.8. The van der Waals surface area contributed by atoms with Gasteiger partial charge in [-0.3, -0.25) is 10.1 Å². The molecule has 2 aromatic rings. The van der Waals surface area contributed by atoms with Crippen molar-refractivity contribution in [1.82, 2.24) is 20.5 Å². The maximum atomic E-state index is 4.34. The molecule has 0 unspecified atom stereocenters. The summed E-state index contributed by atoms with van der Waals surface area (Å²) in [7, 11) is 0. The summed E-state index contributed by atoms with van der Waals surface area (Å²) in [5.41, 5.74) is 4.44. The molecule has 3 rings (SSSR count). The molecule has 0 aromatic carbocycles. The Morgan fingerprint density at radius 2 is 2.06 bits per heavy atom. The van der Waals surface area contributed by atoms with Crippen LogP contribution in [0.1, 0.15) is 11.3 Å². The molecule has 92 valence electrons. The van der Waals surface area contributed by atoms with Gasteiger partial charge in [-0.15, -0.1) is 24.8 Å². The minimum atomic E-state index is 0. The molecule has 0 saturated carbocycles. The van der Waals surface area contributed by atoms with Crippen LogP contribution in [0.4, 0.5) is 0 Å². The zero-order chi connectivity index (χ0) is 10.1. The van der Waals surface area contributed by atoms with Gasteiger partial charge >= 0.3 is 0 Å². The van der Waals surface area contributed by atoms with Crippen molar-refractivity contribution < 1.29 is 0 Å². The number of hydrogen-bond donors (Lipinski definition) is 2. The molecule has 17 heavy (non-hydrogen) atoms. The lowest BCUT2D eigenvalue weighted by atomic mass is 10.1. The molecular formula is C11H14Cl2N4. The van der Waals surface area contributed by atoms with Crippen molar-refractivity contribution in [3.8, 4) is 11.4 Å². The summed E-state index contributed by atoms with van der Waals surface area (Å²) in [4.78, 5) is 4.32. The van der Waals surface area contributed by atoms with E-state index in [0.29, 0.717) is 0 Å². The van der Waals surface area contributed by atoms with Crippen LogP contribution in [0, 0.1) is 0 Å². The van der Waals surface area contributed by atoms with Gasteiger partial charge in [-0.1, -0.05) is 6.07 Å². The van der Waals surface area contributed by atoms with Crippen molar-refractivity contribution >= 4 is 24.8 Å². The quantitative estimate of drug-likeness (QED) is 0.835. The summed E-state index contributed by atoms with van der Waals surface area (Å²) in [6, 6.07) is 5.89. The van der Waals surface area contributed by atoms with E-state index in [-0.39, 0.29) is 24.8 Å². The first-order valence-corrected chi connectivity index (χ1v) is 5.13. The highest BCUT2D eigenvalue weighted by atomic mass is 35.5. The first-order chi connectivity index (χ1) is 7.45. The molecule has 3 heterocycles. The lowest BCUT2D eigenvalue weighted by Crippen LogP contribution is -2.23. The maximum Gasteiger partial charge on any atom is 0.115 e. The number of aromatic amines is 1. The molecule has 4 nitrogen and oxygen atoms in total. The van der Waals surface area contributed by atoms with E-state index in [2.05, 4.69) is 20.5 Å². The summed E-state index contributed by atoms with van der Waals surface area (Å²) >= 11 is 0. The van der Waals surface area contributed by atoms with E-state index in [4.69, 9.17) is 0 Å². The van der Waals surface area contributed by atoms with Crippen molar-refractivity contribution in [1.29, 1.82) is 0 Å². The minimum absolute atomic E-state index is 0. The number of H-pyrrole nitrogens is 1. The molecule has 2 N–H and O–H groups in total. The molecule has 0 bridgehead atoms. The Morgan fingerprint density at radius 3 is 2.82 bits per heavy atom. The number of rotatable bonds is 1. The van der Waals surface area contributed by atoms with Crippen molar-refractivity contribution in [2.45, 2.75) is 13.0 Å². The molecule has 0 atom stereocenters. The third-order valence-electron chi connectivity index (χ3n) is 2.71. The van der Waals surface area contributed by atoms with Crippen LogP contribution >= 0.6 is 24.8 Å². The van der Waals surface area contributed by atoms with E-state index in [0.717, 1.165) is 30.9 Å². The van der Waals surface area contributed by atoms with Crippen LogP contribution < -0.4 is 5.32 Å². The van der Waals surface area contributed by atoms with Gasteiger partial charge in [0.15, 0.2) is 0 Å². The molecular weight excluding hydrogens is 259 g/mol. The first-order valence-electron chi connectivity index (χ1n) is 5.13. The van der Waals surface area contributed by atoms with E-state index in [1.54, 1.807) is 6.20 Å². The Labute approximate surface area is 112 Å². The highest BCUT2D eigenvalue weighted by Gasteiger charge is 2.17. The summed E-state index contributed by atoms with van der Waals surface area (Å²) in [5.74, 6) is 0. The van der Waals surface area contributed by atoms with Gasteiger partial charge < -0.3 is 5.32 Å². The topological polar surface area (TPSA) is 53.6 Å². The SMILES string of the molecule is Cl.Cl.c1ccc(-c2n[nH]c3c2CNCC3)nc1. The van der Waals surface area contributed by atoms with Gasteiger partial charge in [-0.05, 0) is 12.1 Å². The number of hydrogen-bond acceptors (Lipinski definition) is 3. The lowest BCUT2D eigenvalue weighted by molar-refractivity contribution is 0.637. The molecule has 0 radical (unpaired) electrons. The number of nitrogens with one attached hydrogen (secondary N) is 2. The molecule has 6 heteroatoms. The third kappa shape index (κ3) is 2.60. The smallest absolute Gasteiger partial charge is 0.115 e. The zero-order valence-electron chi connectivity index (χ0n) is 9.14. The molecule has 0 saturated heterocycles. The fourth-order valence-electron chi connectivity index (χ4n) is 1.94. The van der Waals surface area contributed by atoms with Gasteiger partial charge in [0.25, 0.3) is 0 Å². The Balaban J connectivity index is 0.000000722. The lowest BCUT2D eigenvalue weighted by Gasteiger charge is -2.12. The van der Waals surface area contributed by atoms with Gasteiger partial charge in [0.2, 0.25) is 0 Å². The van der Waals surface area contributed by atoms with Crippen LogP contribution in [0.3, 0.4) is 0 Å². The highest BCUT2D eigenvalue weighted by Crippen LogP contribution is 2.23. The molecule has 1 aliphatic rings. The van der Waals surface area contributed by atoms with E-state index < -0.39 is 0 Å². The maximum absolute atomic E-state index is 4.34. The fraction of sp³-hybridized carbons (Fsp3) is 0.273. The average Bonchev–Trinajstić information content (AvgIpc) is 2.74. The fourth-order valence-corrected chi connectivity index (χ4v) is 1.94. The van der Waals surface area contributed by atoms with Crippen LogP contribution in [-0.4, -0.2) is 21.7 Å². The standard InChI is InChI=1S/C11H12N4.2ClH/c1-2-5-13-10(3-1)11-8-7-12-6-4-9(8)14-15-11;;/h1-3,5,12H,4,6-7H2,(H,14,15);2*1H. The second-order valence-corrected chi connectivity index (χ2v) is 3.67. The van der Waals surface area contributed by atoms with Crippen LogP contribution in [0.15, 0.2) is 24.4 Å². The van der Waals surface area contributed by atoms with Gasteiger partial charge in [-0.2, -0.15) is 5.10 Å². The van der Waals surface area contributed by atoms with E-state index in [1.165, 1.54) is 11.3 Å².